The van der Waals surface area contributed by atoms with Crippen LogP contribution in [0.15, 0.2) is 0 Å². The number of carbonyl (C=O) groups is 1. The summed E-state index contributed by atoms with van der Waals surface area (Å²) in [6, 6.07) is 0.181. The fourth-order valence-electron chi connectivity index (χ4n) is 1.08. The largest absolute Gasteiger partial charge is 0.330 e. The normalized spacial score (nSPS) is 12.9. The number of ketones is 1. The van der Waals surface area contributed by atoms with Crippen molar-refractivity contribution in [3.63, 3.8) is 0 Å². The predicted molar refractivity (Wildman–Crippen MR) is 50.8 cm³/mol. The van der Waals surface area contributed by atoms with Gasteiger partial charge in [0.05, 0.1) is 0 Å². The molecule has 1 unspecified atom stereocenters. The summed E-state index contributed by atoms with van der Waals surface area (Å²) in [6.07, 6.45) is 4.54. The third-order valence-corrected chi connectivity index (χ3v) is 1.90. The Morgan fingerprint density at radius 2 is 2.00 bits per heavy atom. The summed E-state index contributed by atoms with van der Waals surface area (Å²) in [5.74, 6) is 0.226. The molecule has 0 saturated carbocycles. The Kier molecular flexibility index (Phi) is 7.00. The van der Waals surface area contributed by atoms with E-state index in [0.29, 0.717) is 6.42 Å². The fraction of sp³-hybridized carbons (Fsp3) is 0.889. The molecular weight excluding hydrogens is 152 g/mol. The lowest BCUT2D eigenvalue weighted by Gasteiger charge is -2.09. The van der Waals surface area contributed by atoms with Gasteiger partial charge in [0.1, 0.15) is 5.78 Å². The van der Waals surface area contributed by atoms with Crippen molar-refractivity contribution < 1.29 is 4.79 Å². The lowest BCUT2D eigenvalue weighted by atomic mass is 10.0. The summed E-state index contributed by atoms with van der Waals surface area (Å²) in [5, 5.41) is 0. The van der Waals surface area contributed by atoms with Gasteiger partial charge in [0.25, 0.3) is 0 Å². The fourth-order valence-corrected chi connectivity index (χ4v) is 1.08. The molecule has 1 atom stereocenters. The first-order valence-corrected chi connectivity index (χ1v) is 4.62. The topological polar surface area (TPSA) is 69.1 Å². The molecule has 72 valence electrons. The number of rotatable bonds is 7. The summed E-state index contributed by atoms with van der Waals surface area (Å²) >= 11 is 0. The highest BCUT2D eigenvalue weighted by atomic mass is 16.1. The van der Waals surface area contributed by atoms with Crippen LogP contribution in [0.4, 0.5) is 0 Å². The van der Waals surface area contributed by atoms with Gasteiger partial charge in [0, 0.05) is 12.5 Å². The first-order chi connectivity index (χ1) is 5.66. The number of unbranched alkanes of at least 4 members (excludes halogenated alkanes) is 1. The Morgan fingerprint density at radius 1 is 1.33 bits per heavy atom. The van der Waals surface area contributed by atoms with E-state index in [1.54, 1.807) is 6.92 Å². The van der Waals surface area contributed by atoms with E-state index in [9.17, 15) is 4.79 Å². The maximum atomic E-state index is 10.6. The van der Waals surface area contributed by atoms with Crippen LogP contribution in [0.25, 0.3) is 0 Å². The van der Waals surface area contributed by atoms with Crippen LogP contribution in [-0.4, -0.2) is 18.4 Å². The molecule has 0 aliphatic heterocycles. The Hall–Kier alpha value is -0.410. The zero-order chi connectivity index (χ0) is 9.40. The molecule has 0 heterocycles. The van der Waals surface area contributed by atoms with Crippen molar-refractivity contribution in [1.29, 1.82) is 0 Å². The third kappa shape index (κ3) is 7.69. The van der Waals surface area contributed by atoms with Crippen molar-refractivity contribution in [3.05, 3.63) is 0 Å². The van der Waals surface area contributed by atoms with Crippen LogP contribution in [0.5, 0.6) is 0 Å². The third-order valence-electron chi connectivity index (χ3n) is 1.90. The molecule has 0 aromatic heterocycles. The molecule has 0 aliphatic rings. The Labute approximate surface area is 74.5 Å². The van der Waals surface area contributed by atoms with Gasteiger partial charge in [-0.3, -0.25) is 0 Å². The number of Topliss-reactive ketones (excluding diaryl/α,β-unsaturated/α-hetero) is 1. The highest BCUT2D eigenvalue weighted by Crippen LogP contribution is 2.04. The molecule has 3 heteroatoms. The van der Waals surface area contributed by atoms with Gasteiger partial charge in [0.2, 0.25) is 0 Å². The monoisotopic (exact) mass is 172 g/mol. The molecule has 12 heavy (non-hydrogen) atoms. The summed E-state index contributed by atoms with van der Waals surface area (Å²) in [7, 11) is 0. The van der Waals surface area contributed by atoms with E-state index in [2.05, 4.69) is 0 Å². The number of carbonyl (C=O) groups excluding carboxylic acids is 1. The van der Waals surface area contributed by atoms with Crippen LogP contribution >= 0.6 is 0 Å². The first-order valence-electron chi connectivity index (χ1n) is 4.62. The molecule has 0 aliphatic carbocycles. The average Bonchev–Trinajstić information content (AvgIpc) is 2.01. The van der Waals surface area contributed by atoms with Gasteiger partial charge in [-0.25, -0.2) is 0 Å². The molecule has 0 fully saturated rings. The number of hydrogen-bond donors (Lipinski definition) is 2. The van der Waals surface area contributed by atoms with Gasteiger partial charge in [-0.1, -0.05) is 6.42 Å². The summed E-state index contributed by atoms with van der Waals surface area (Å²) in [6.45, 7) is 2.34. The van der Waals surface area contributed by atoms with Crippen molar-refractivity contribution in [2.24, 2.45) is 11.5 Å². The highest BCUT2D eigenvalue weighted by Gasteiger charge is 2.03. The maximum absolute atomic E-state index is 10.6. The molecule has 0 bridgehead atoms. The molecule has 0 aromatic rings. The average molecular weight is 172 g/mol. The minimum absolute atomic E-state index is 0.181. The summed E-state index contributed by atoms with van der Waals surface area (Å²) in [4.78, 5) is 10.6. The maximum Gasteiger partial charge on any atom is 0.129 e. The van der Waals surface area contributed by atoms with Gasteiger partial charge in [-0.2, -0.15) is 0 Å². The quantitative estimate of drug-likeness (QED) is 0.558. The van der Waals surface area contributed by atoms with Crippen molar-refractivity contribution in [2.45, 2.75) is 45.1 Å². The lowest BCUT2D eigenvalue weighted by Crippen LogP contribution is -2.20. The number of hydrogen-bond acceptors (Lipinski definition) is 3. The van der Waals surface area contributed by atoms with Gasteiger partial charge in [-0.15, -0.1) is 0 Å². The van der Waals surface area contributed by atoms with Crippen molar-refractivity contribution in [1.82, 2.24) is 0 Å². The minimum atomic E-state index is 0.181. The van der Waals surface area contributed by atoms with Gasteiger partial charge in [0.15, 0.2) is 0 Å². The zero-order valence-electron chi connectivity index (χ0n) is 7.88. The highest BCUT2D eigenvalue weighted by molar-refractivity contribution is 5.75. The summed E-state index contributed by atoms with van der Waals surface area (Å²) in [5.41, 5.74) is 11.1. The van der Waals surface area contributed by atoms with Crippen LogP contribution in [0.3, 0.4) is 0 Å². The van der Waals surface area contributed by atoms with Crippen LogP contribution in [0.1, 0.15) is 39.0 Å². The Bertz CT molecular complexity index is 126. The van der Waals surface area contributed by atoms with Crippen LogP contribution < -0.4 is 11.5 Å². The molecule has 4 N–H and O–H groups in total. The van der Waals surface area contributed by atoms with E-state index in [-0.39, 0.29) is 11.8 Å². The second kappa shape index (κ2) is 7.25. The van der Waals surface area contributed by atoms with Crippen LogP contribution in [-0.2, 0) is 4.79 Å². The number of nitrogens with two attached hydrogens (primary N) is 2. The molecule has 0 radical (unpaired) electrons. The standard InChI is InChI=1S/C9H20N2O/c1-8(12)5-6-9(11)4-2-3-7-10/h9H,2-7,10-11H2,1H3. The molecule has 0 rings (SSSR count). The van der Waals surface area contributed by atoms with Crippen molar-refractivity contribution >= 4 is 5.78 Å². The van der Waals surface area contributed by atoms with E-state index in [1.165, 1.54) is 0 Å². The van der Waals surface area contributed by atoms with Gasteiger partial charge >= 0.3 is 0 Å². The Morgan fingerprint density at radius 3 is 2.50 bits per heavy atom. The predicted octanol–water partition coefficient (Wildman–Crippen LogP) is 0.812. The van der Waals surface area contributed by atoms with Crippen molar-refractivity contribution in [2.75, 3.05) is 6.54 Å². The molecular formula is C9H20N2O. The van der Waals surface area contributed by atoms with E-state index >= 15 is 0 Å². The first kappa shape index (κ1) is 11.6. The molecule has 0 aromatic carbocycles. The second-order valence-corrected chi connectivity index (χ2v) is 3.29. The second-order valence-electron chi connectivity index (χ2n) is 3.29. The van der Waals surface area contributed by atoms with Crippen LogP contribution in [0, 0.1) is 0 Å². The lowest BCUT2D eigenvalue weighted by molar-refractivity contribution is -0.117. The minimum Gasteiger partial charge on any atom is -0.330 e. The molecule has 0 amide bonds. The van der Waals surface area contributed by atoms with Crippen LogP contribution in [0.2, 0.25) is 0 Å². The van der Waals surface area contributed by atoms with E-state index in [1.807, 2.05) is 0 Å². The SMILES string of the molecule is CC(=O)CCC(N)CCCCN. The smallest absolute Gasteiger partial charge is 0.129 e. The Balaban J connectivity index is 3.21. The van der Waals surface area contributed by atoms with E-state index < -0.39 is 0 Å². The van der Waals surface area contributed by atoms with E-state index in [0.717, 1.165) is 32.2 Å². The van der Waals surface area contributed by atoms with Gasteiger partial charge < -0.3 is 16.3 Å². The van der Waals surface area contributed by atoms with E-state index in [4.69, 9.17) is 11.5 Å². The molecule has 3 nitrogen and oxygen atoms in total. The molecule has 0 spiro atoms. The molecule has 0 saturated heterocycles. The van der Waals surface area contributed by atoms with Gasteiger partial charge in [-0.05, 0) is 32.7 Å². The van der Waals surface area contributed by atoms with Crippen molar-refractivity contribution in [3.8, 4) is 0 Å². The zero-order valence-corrected chi connectivity index (χ0v) is 7.88. The summed E-state index contributed by atoms with van der Waals surface area (Å²) < 4.78 is 0.